The minimum absolute atomic E-state index is 0.0535. The third-order valence-corrected chi connectivity index (χ3v) is 6.19. The van der Waals surface area contributed by atoms with E-state index in [1.54, 1.807) is 12.1 Å². The smallest absolute Gasteiger partial charge is 0.328 e. The molecule has 0 radical (unpaired) electrons. The van der Waals surface area contributed by atoms with E-state index >= 15 is 0 Å². The highest BCUT2D eigenvalue weighted by atomic mass is 16.5. The van der Waals surface area contributed by atoms with Crippen LogP contribution in [-0.2, 0) is 9.53 Å². The summed E-state index contributed by atoms with van der Waals surface area (Å²) in [6.45, 7) is 6.47. The van der Waals surface area contributed by atoms with Crippen LogP contribution in [0, 0.1) is 5.92 Å². The molecule has 0 spiro atoms. The van der Waals surface area contributed by atoms with Crippen molar-refractivity contribution in [2.75, 3.05) is 6.61 Å². The Morgan fingerprint density at radius 3 is 1.73 bits per heavy atom. The number of carbonyl (C=O) groups is 2. The Morgan fingerprint density at radius 1 is 0.818 bits per heavy atom. The summed E-state index contributed by atoms with van der Waals surface area (Å²) in [5.74, 6) is -0.614. The molecular weight excluding hydrogens is 414 g/mol. The minimum atomic E-state index is -0.663. The van der Waals surface area contributed by atoms with Crippen molar-refractivity contribution in [3.63, 3.8) is 0 Å². The first kappa shape index (κ1) is 29.3. The van der Waals surface area contributed by atoms with E-state index in [0.717, 1.165) is 12.8 Å². The molecule has 1 aromatic heterocycles. The maximum atomic E-state index is 12.4. The first-order valence-corrected chi connectivity index (χ1v) is 13.6. The van der Waals surface area contributed by atoms with Gasteiger partial charge in [0.05, 0.1) is 12.9 Å². The largest absolute Gasteiger partial charge is 0.464 e. The van der Waals surface area contributed by atoms with Crippen LogP contribution in [0.15, 0.2) is 22.8 Å². The summed E-state index contributed by atoms with van der Waals surface area (Å²) in [5.41, 5.74) is 0. The number of furan rings is 1. The molecule has 0 aliphatic rings. The van der Waals surface area contributed by atoms with Gasteiger partial charge in [-0.05, 0) is 24.5 Å². The number of hydrogen-bond donors (Lipinski definition) is 1. The monoisotopic (exact) mass is 463 g/mol. The second kappa shape index (κ2) is 19.7. The zero-order valence-corrected chi connectivity index (χ0v) is 21.5. The first-order chi connectivity index (χ1) is 16.1. The summed E-state index contributed by atoms with van der Waals surface area (Å²) < 4.78 is 10.5. The topological polar surface area (TPSA) is 68.5 Å². The van der Waals surface area contributed by atoms with E-state index < -0.39 is 11.9 Å². The summed E-state index contributed by atoms with van der Waals surface area (Å²) in [4.78, 5) is 24.5. The highest BCUT2D eigenvalue weighted by molar-refractivity contribution is 5.94. The van der Waals surface area contributed by atoms with E-state index in [1.165, 1.54) is 96.2 Å². The number of nitrogens with one attached hydrogen (secondary N) is 1. The van der Waals surface area contributed by atoms with Crippen molar-refractivity contribution in [2.45, 2.75) is 130 Å². The molecule has 0 aliphatic carbocycles. The molecule has 0 aliphatic heterocycles. The number of hydrogen-bond acceptors (Lipinski definition) is 4. The lowest BCUT2D eigenvalue weighted by molar-refractivity contribution is -0.147. The molecule has 1 unspecified atom stereocenters. The lowest BCUT2D eigenvalue weighted by Crippen LogP contribution is -2.45. The average molecular weight is 464 g/mol. The van der Waals surface area contributed by atoms with Crippen LogP contribution in [0.2, 0.25) is 0 Å². The van der Waals surface area contributed by atoms with Crippen molar-refractivity contribution in [1.82, 2.24) is 5.32 Å². The molecule has 33 heavy (non-hydrogen) atoms. The van der Waals surface area contributed by atoms with Gasteiger partial charge in [0.1, 0.15) is 6.04 Å². The number of carbonyl (C=O) groups excluding carboxylic acids is 2. The summed E-state index contributed by atoms with van der Waals surface area (Å²) in [7, 11) is 0. The molecule has 1 aromatic rings. The van der Waals surface area contributed by atoms with Crippen LogP contribution < -0.4 is 5.32 Å². The zero-order valence-electron chi connectivity index (χ0n) is 21.5. The molecule has 1 heterocycles. The lowest BCUT2D eigenvalue weighted by atomic mass is 10.0. The summed E-state index contributed by atoms with van der Waals surface area (Å²) in [6.07, 6.45) is 22.5. The first-order valence-electron chi connectivity index (χ1n) is 13.6. The van der Waals surface area contributed by atoms with Crippen molar-refractivity contribution < 1.29 is 18.7 Å². The highest BCUT2D eigenvalue weighted by Crippen LogP contribution is 2.14. The average Bonchev–Trinajstić information content (AvgIpc) is 3.34. The van der Waals surface area contributed by atoms with Crippen molar-refractivity contribution in [3.8, 4) is 0 Å². The quantitative estimate of drug-likeness (QED) is 0.149. The molecule has 1 N–H and O–H groups in total. The molecule has 1 rings (SSSR count). The number of unbranched alkanes of at least 4 members (excludes halogenated alkanes) is 15. The predicted molar refractivity (Wildman–Crippen MR) is 135 cm³/mol. The molecule has 1 amide bonds. The Kier molecular flexibility index (Phi) is 17.4. The molecule has 0 saturated carbocycles. The van der Waals surface area contributed by atoms with Gasteiger partial charge in [-0.1, -0.05) is 117 Å². The van der Waals surface area contributed by atoms with Gasteiger partial charge in [-0.15, -0.1) is 0 Å². The van der Waals surface area contributed by atoms with Crippen LogP contribution in [0.3, 0.4) is 0 Å². The zero-order chi connectivity index (χ0) is 24.2. The van der Waals surface area contributed by atoms with E-state index in [2.05, 4.69) is 12.2 Å². The fourth-order valence-electron chi connectivity index (χ4n) is 4.03. The van der Waals surface area contributed by atoms with Crippen LogP contribution in [0.4, 0.5) is 0 Å². The van der Waals surface area contributed by atoms with Crippen molar-refractivity contribution in [3.05, 3.63) is 24.2 Å². The molecule has 1 atom stereocenters. The lowest BCUT2D eigenvalue weighted by Gasteiger charge is -2.20. The number of esters is 1. The second-order valence-corrected chi connectivity index (χ2v) is 9.64. The summed E-state index contributed by atoms with van der Waals surface area (Å²) >= 11 is 0. The molecule has 0 saturated heterocycles. The minimum Gasteiger partial charge on any atom is -0.464 e. The molecular formula is C28H49NO4. The fraction of sp³-hybridized carbons (Fsp3) is 0.786. The fourth-order valence-corrected chi connectivity index (χ4v) is 4.03. The Balaban J connectivity index is 1.94. The summed E-state index contributed by atoms with van der Waals surface area (Å²) in [6, 6.07) is 2.56. The van der Waals surface area contributed by atoms with Gasteiger partial charge in [0.2, 0.25) is 0 Å². The van der Waals surface area contributed by atoms with Gasteiger partial charge in [-0.3, -0.25) is 4.79 Å². The Morgan fingerprint density at radius 2 is 1.30 bits per heavy atom. The molecule has 190 valence electrons. The van der Waals surface area contributed by atoms with Gasteiger partial charge >= 0.3 is 5.97 Å². The van der Waals surface area contributed by atoms with Crippen LogP contribution in [-0.4, -0.2) is 24.5 Å². The van der Waals surface area contributed by atoms with Crippen LogP contribution in [0.25, 0.3) is 0 Å². The van der Waals surface area contributed by atoms with E-state index in [1.807, 2.05) is 13.8 Å². The Bertz CT molecular complexity index is 597. The SMILES string of the molecule is CCCCCCCCCCCCCCCCCCOC(=O)C(NC(=O)c1ccco1)C(C)C. The predicted octanol–water partition coefficient (Wildman–Crippen LogP) is 7.84. The molecule has 0 aromatic carbocycles. The molecule has 5 heteroatoms. The van der Waals surface area contributed by atoms with Gasteiger partial charge in [0.15, 0.2) is 5.76 Å². The third kappa shape index (κ3) is 14.9. The Labute approximate surface area is 202 Å². The standard InChI is InChI=1S/C28H49NO4/c1-4-5-6-7-8-9-10-11-12-13-14-15-16-17-18-19-22-33-28(31)26(24(2)3)29-27(30)25-21-20-23-32-25/h20-21,23-24,26H,4-19,22H2,1-3H3,(H,29,30). The molecule has 0 fully saturated rings. The van der Waals surface area contributed by atoms with E-state index in [-0.39, 0.29) is 17.6 Å². The number of amides is 1. The maximum absolute atomic E-state index is 12.4. The molecule has 5 nitrogen and oxygen atoms in total. The van der Waals surface area contributed by atoms with Crippen LogP contribution in [0.5, 0.6) is 0 Å². The third-order valence-electron chi connectivity index (χ3n) is 6.19. The second-order valence-electron chi connectivity index (χ2n) is 9.64. The maximum Gasteiger partial charge on any atom is 0.328 e. The van der Waals surface area contributed by atoms with Crippen LogP contribution >= 0.6 is 0 Å². The van der Waals surface area contributed by atoms with E-state index in [9.17, 15) is 9.59 Å². The normalized spacial score (nSPS) is 12.1. The van der Waals surface area contributed by atoms with Crippen LogP contribution in [0.1, 0.15) is 134 Å². The van der Waals surface area contributed by atoms with Crippen molar-refractivity contribution >= 4 is 11.9 Å². The Hall–Kier alpha value is -1.78. The van der Waals surface area contributed by atoms with E-state index in [0.29, 0.717) is 6.61 Å². The van der Waals surface area contributed by atoms with Gasteiger partial charge in [0, 0.05) is 0 Å². The van der Waals surface area contributed by atoms with Gasteiger partial charge in [-0.25, -0.2) is 4.79 Å². The van der Waals surface area contributed by atoms with E-state index in [4.69, 9.17) is 9.15 Å². The number of rotatable bonds is 21. The van der Waals surface area contributed by atoms with Crippen molar-refractivity contribution in [2.24, 2.45) is 5.92 Å². The molecule has 0 bridgehead atoms. The van der Waals surface area contributed by atoms with Gasteiger partial charge in [0.25, 0.3) is 5.91 Å². The van der Waals surface area contributed by atoms with Crippen molar-refractivity contribution in [1.29, 1.82) is 0 Å². The summed E-state index contributed by atoms with van der Waals surface area (Å²) in [5, 5.41) is 2.72. The highest BCUT2D eigenvalue weighted by Gasteiger charge is 2.26. The van der Waals surface area contributed by atoms with Gasteiger partial charge in [-0.2, -0.15) is 0 Å². The number of ether oxygens (including phenoxy) is 1. The van der Waals surface area contributed by atoms with Gasteiger partial charge < -0.3 is 14.5 Å².